The Hall–Kier alpha value is -0.570. The molecule has 1 saturated heterocycles. The number of rotatable bonds is 4. The van der Waals surface area contributed by atoms with Gasteiger partial charge >= 0.3 is 0 Å². The maximum Gasteiger partial charge on any atom is 0.186 e. The highest BCUT2D eigenvalue weighted by Crippen LogP contribution is 2.35. The Morgan fingerprint density at radius 1 is 1.22 bits per heavy atom. The molecule has 2 rings (SSSR count). The van der Waals surface area contributed by atoms with Crippen LogP contribution in [0.4, 0.5) is 0 Å². The van der Waals surface area contributed by atoms with Crippen molar-refractivity contribution in [1.29, 1.82) is 0 Å². The highest BCUT2D eigenvalue weighted by molar-refractivity contribution is 5.82. The minimum absolute atomic E-state index is 0.0233. The van der Waals surface area contributed by atoms with Crippen molar-refractivity contribution in [2.45, 2.75) is 70.4 Å². The van der Waals surface area contributed by atoms with Crippen LogP contribution in [0.5, 0.6) is 0 Å². The molecule has 0 amide bonds. The van der Waals surface area contributed by atoms with Crippen molar-refractivity contribution in [1.82, 2.24) is 0 Å². The molecule has 1 aliphatic carbocycles. The van der Waals surface area contributed by atoms with Gasteiger partial charge in [0.2, 0.25) is 0 Å². The van der Waals surface area contributed by atoms with Gasteiger partial charge in [-0.1, -0.05) is 20.8 Å². The third-order valence-corrected chi connectivity index (χ3v) is 5.02. The van der Waals surface area contributed by atoms with Crippen molar-refractivity contribution in [2.75, 3.05) is 6.61 Å². The van der Waals surface area contributed by atoms with Crippen molar-refractivity contribution >= 4 is 5.78 Å². The van der Waals surface area contributed by atoms with Crippen molar-refractivity contribution in [3.05, 3.63) is 0 Å². The highest BCUT2D eigenvalue weighted by atomic mass is 16.7. The topological polar surface area (TPSA) is 116 Å². The van der Waals surface area contributed by atoms with E-state index < -0.39 is 37.3 Å². The summed E-state index contributed by atoms with van der Waals surface area (Å²) >= 11 is 0. The van der Waals surface area contributed by atoms with E-state index in [4.69, 9.17) is 9.47 Å². The Balaban J connectivity index is 2.06. The summed E-state index contributed by atoms with van der Waals surface area (Å²) in [5, 5.41) is 38.9. The molecule has 4 N–H and O–H groups in total. The standard InChI is InChI=1S/C16H28O7/c1-7(2)9-5-11(8(3)4-10(9)18)22-16-15(21)14(20)13(19)12(6-17)23-16/h7-9,11-17,19-21H,4-6H2,1-3H3/t8-,9-,11+,12-,13-,14+,15-,16-/m1/s1. The smallest absolute Gasteiger partial charge is 0.186 e. The van der Waals surface area contributed by atoms with Crippen LogP contribution in [0.15, 0.2) is 0 Å². The van der Waals surface area contributed by atoms with Crippen LogP contribution in [-0.2, 0) is 14.3 Å². The lowest BCUT2D eigenvalue weighted by molar-refractivity contribution is -0.316. The van der Waals surface area contributed by atoms with Crippen LogP contribution in [-0.4, -0.2) is 69.6 Å². The number of ketones is 1. The first-order chi connectivity index (χ1) is 10.8. The number of Topliss-reactive ketones (excluding diaryl/α,β-unsaturated/α-hetero) is 1. The van der Waals surface area contributed by atoms with Crippen molar-refractivity contribution in [2.24, 2.45) is 17.8 Å². The fraction of sp³-hybridized carbons (Fsp3) is 0.938. The minimum atomic E-state index is -1.45. The predicted octanol–water partition coefficient (Wildman–Crippen LogP) is -0.557. The van der Waals surface area contributed by atoms with Gasteiger partial charge in [0.1, 0.15) is 30.2 Å². The maximum atomic E-state index is 12.1. The van der Waals surface area contributed by atoms with E-state index in [1.807, 2.05) is 20.8 Å². The van der Waals surface area contributed by atoms with Crippen LogP contribution < -0.4 is 0 Å². The largest absolute Gasteiger partial charge is 0.394 e. The summed E-state index contributed by atoms with van der Waals surface area (Å²) < 4.78 is 11.2. The third-order valence-electron chi connectivity index (χ3n) is 5.02. The number of ether oxygens (including phenoxy) is 2. The van der Waals surface area contributed by atoms with Crippen LogP contribution >= 0.6 is 0 Å². The molecule has 1 aliphatic heterocycles. The third kappa shape index (κ3) is 3.92. The van der Waals surface area contributed by atoms with Gasteiger partial charge in [0.25, 0.3) is 0 Å². The second kappa shape index (κ2) is 7.55. The van der Waals surface area contributed by atoms with Crippen LogP contribution in [0.2, 0.25) is 0 Å². The van der Waals surface area contributed by atoms with Gasteiger partial charge in [-0.15, -0.1) is 0 Å². The average Bonchev–Trinajstić information content (AvgIpc) is 2.49. The summed E-state index contributed by atoms with van der Waals surface area (Å²) in [7, 11) is 0. The summed E-state index contributed by atoms with van der Waals surface area (Å²) in [6.07, 6.45) is -5.73. The van der Waals surface area contributed by atoms with Gasteiger partial charge < -0.3 is 29.9 Å². The second-order valence-corrected chi connectivity index (χ2v) is 7.11. The van der Waals surface area contributed by atoms with Crippen molar-refractivity contribution < 1.29 is 34.7 Å². The Labute approximate surface area is 136 Å². The van der Waals surface area contributed by atoms with Gasteiger partial charge in [-0.25, -0.2) is 0 Å². The lowest BCUT2D eigenvalue weighted by atomic mass is 9.75. The average molecular weight is 332 g/mol. The zero-order valence-corrected chi connectivity index (χ0v) is 13.8. The number of aliphatic hydroxyl groups is 4. The summed E-state index contributed by atoms with van der Waals surface area (Å²) in [6.45, 7) is 5.40. The molecule has 0 bridgehead atoms. The molecule has 0 radical (unpaired) electrons. The SMILES string of the molecule is CC(C)[C@H]1C[C@H](O[C@@H]2O[C@H](CO)[C@@H](O)[C@H](O)[C@H]2O)[C@H](C)CC1=O. The molecule has 1 saturated carbocycles. The molecule has 2 aliphatic rings. The molecule has 0 aromatic rings. The van der Waals surface area contributed by atoms with Gasteiger partial charge in [0.15, 0.2) is 6.29 Å². The van der Waals surface area contributed by atoms with E-state index in [2.05, 4.69) is 0 Å². The number of aliphatic hydroxyl groups excluding tert-OH is 4. The second-order valence-electron chi connectivity index (χ2n) is 7.11. The molecule has 134 valence electrons. The highest BCUT2D eigenvalue weighted by Gasteiger charge is 2.46. The van der Waals surface area contributed by atoms with Gasteiger partial charge in [-0.2, -0.15) is 0 Å². The van der Waals surface area contributed by atoms with E-state index in [1.54, 1.807) is 0 Å². The number of hydrogen-bond donors (Lipinski definition) is 4. The van der Waals surface area contributed by atoms with E-state index in [9.17, 15) is 25.2 Å². The zero-order chi connectivity index (χ0) is 17.3. The summed E-state index contributed by atoms with van der Waals surface area (Å²) in [5.74, 6) is 0.308. The molecule has 7 nitrogen and oxygen atoms in total. The summed E-state index contributed by atoms with van der Waals surface area (Å²) in [6, 6.07) is 0. The van der Waals surface area contributed by atoms with E-state index in [-0.39, 0.29) is 29.6 Å². The molecular formula is C16H28O7. The molecule has 0 spiro atoms. The van der Waals surface area contributed by atoms with Crippen LogP contribution in [0, 0.1) is 17.8 Å². The van der Waals surface area contributed by atoms with E-state index in [0.29, 0.717) is 12.8 Å². The van der Waals surface area contributed by atoms with Crippen LogP contribution in [0.1, 0.15) is 33.6 Å². The summed E-state index contributed by atoms with van der Waals surface area (Å²) in [4.78, 5) is 12.1. The molecule has 23 heavy (non-hydrogen) atoms. The Kier molecular flexibility index (Phi) is 6.16. The zero-order valence-electron chi connectivity index (χ0n) is 13.8. The number of carbonyl (C=O) groups is 1. The van der Waals surface area contributed by atoms with E-state index >= 15 is 0 Å². The molecular weight excluding hydrogens is 304 g/mol. The van der Waals surface area contributed by atoms with Gasteiger partial charge in [-0.3, -0.25) is 4.79 Å². The lowest BCUT2D eigenvalue weighted by Crippen LogP contribution is -2.60. The first-order valence-electron chi connectivity index (χ1n) is 8.25. The Morgan fingerprint density at radius 2 is 1.87 bits per heavy atom. The fourth-order valence-electron chi connectivity index (χ4n) is 3.40. The quantitative estimate of drug-likeness (QED) is 0.545. The molecule has 0 unspecified atom stereocenters. The monoisotopic (exact) mass is 332 g/mol. The summed E-state index contributed by atoms with van der Waals surface area (Å²) in [5.41, 5.74) is 0. The normalized spacial score (nSPS) is 45.5. The van der Waals surface area contributed by atoms with Crippen molar-refractivity contribution in [3.63, 3.8) is 0 Å². The van der Waals surface area contributed by atoms with Crippen molar-refractivity contribution in [3.8, 4) is 0 Å². The van der Waals surface area contributed by atoms with Crippen LogP contribution in [0.3, 0.4) is 0 Å². The molecule has 8 atom stereocenters. The number of carbonyl (C=O) groups excluding carboxylic acids is 1. The van der Waals surface area contributed by atoms with Gasteiger partial charge in [-0.05, 0) is 18.3 Å². The van der Waals surface area contributed by atoms with Gasteiger partial charge in [0, 0.05) is 12.3 Å². The molecule has 2 fully saturated rings. The lowest BCUT2D eigenvalue weighted by Gasteiger charge is -2.43. The maximum absolute atomic E-state index is 12.1. The number of hydrogen-bond acceptors (Lipinski definition) is 7. The Morgan fingerprint density at radius 3 is 2.43 bits per heavy atom. The van der Waals surface area contributed by atoms with E-state index in [0.717, 1.165) is 0 Å². The van der Waals surface area contributed by atoms with Crippen LogP contribution in [0.25, 0.3) is 0 Å². The molecule has 0 aromatic carbocycles. The fourth-order valence-corrected chi connectivity index (χ4v) is 3.40. The molecule has 7 heteroatoms. The first-order valence-corrected chi connectivity index (χ1v) is 8.25. The molecule has 0 aromatic heterocycles. The first kappa shape index (κ1) is 18.8. The predicted molar refractivity (Wildman–Crippen MR) is 80.4 cm³/mol. The van der Waals surface area contributed by atoms with Gasteiger partial charge in [0.05, 0.1) is 12.7 Å². The minimum Gasteiger partial charge on any atom is -0.394 e. The van der Waals surface area contributed by atoms with E-state index in [1.165, 1.54) is 0 Å². The molecule has 1 heterocycles. The Bertz CT molecular complexity index is 411.